The second-order valence-electron chi connectivity index (χ2n) is 10.9. The van der Waals surface area contributed by atoms with Crippen molar-refractivity contribution in [3.05, 3.63) is 12.2 Å². The van der Waals surface area contributed by atoms with Crippen LogP contribution >= 0.6 is 0 Å². The van der Waals surface area contributed by atoms with E-state index in [1.807, 2.05) is 0 Å². The van der Waals surface area contributed by atoms with Crippen molar-refractivity contribution >= 4 is 5.97 Å². The average molecular weight is 502 g/mol. The minimum Gasteiger partial charge on any atom is -0.464 e. The molecule has 0 aromatic rings. The van der Waals surface area contributed by atoms with E-state index in [4.69, 9.17) is 9.47 Å². The molecule has 0 bridgehead atoms. The minimum absolute atomic E-state index is 0.0122. The molecule has 3 atom stereocenters. The van der Waals surface area contributed by atoms with Gasteiger partial charge in [-0.3, -0.25) is 9.69 Å². The average Bonchev–Trinajstić information content (AvgIpc) is 3.34. The second kappa shape index (κ2) is 20.7. The first-order chi connectivity index (χ1) is 17.7. The van der Waals surface area contributed by atoms with Crippen molar-refractivity contribution in [2.45, 2.75) is 117 Å². The second-order valence-corrected chi connectivity index (χ2v) is 10.9. The zero-order valence-electron chi connectivity index (χ0n) is 23.6. The van der Waals surface area contributed by atoms with Gasteiger partial charge in [0.1, 0.15) is 6.61 Å². The quantitative estimate of drug-likeness (QED) is 0.0840. The molecule has 2 rings (SSSR count). The van der Waals surface area contributed by atoms with Gasteiger partial charge in [0.15, 0.2) is 0 Å². The number of morpholine rings is 1. The molecule has 1 aliphatic heterocycles. The maximum Gasteiger partial charge on any atom is 0.308 e. The molecule has 1 saturated carbocycles. The van der Waals surface area contributed by atoms with Gasteiger partial charge < -0.3 is 9.47 Å². The molecule has 2 fully saturated rings. The van der Waals surface area contributed by atoms with Crippen molar-refractivity contribution in [1.29, 1.82) is 0 Å². The third-order valence-electron chi connectivity index (χ3n) is 7.88. The van der Waals surface area contributed by atoms with Gasteiger partial charge in [-0.15, -0.1) is 5.92 Å². The van der Waals surface area contributed by atoms with Crippen molar-refractivity contribution in [3.63, 3.8) is 0 Å². The van der Waals surface area contributed by atoms with Crippen LogP contribution in [0.25, 0.3) is 0 Å². The van der Waals surface area contributed by atoms with Crippen molar-refractivity contribution < 1.29 is 14.3 Å². The summed E-state index contributed by atoms with van der Waals surface area (Å²) in [4.78, 5) is 15.2. The molecular weight excluding hydrogens is 446 g/mol. The molecule has 1 heterocycles. The van der Waals surface area contributed by atoms with Gasteiger partial charge in [0.05, 0.1) is 19.1 Å². The highest BCUT2D eigenvalue weighted by Crippen LogP contribution is 2.34. The fourth-order valence-electron chi connectivity index (χ4n) is 5.45. The number of allylic oxidation sites excluding steroid dienone is 2. The van der Waals surface area contributed by atoms with E-state index in [1.165, 1.54) is 64.2 Å². The van der Waals surface area contributed by atoms with E-state index in [2.05, 4.69) is 42.7 Å². The van der Waals surface area contributed by atoms with E-state index in [9.17, 15) is 4.79 Å². The lowest BCUT2D eigenvalue weighted by Gasteiger charge is -2.26. The summed E-state index contributed by atoms with van der Waals surface area (Å²) < 4.78 is 11.1. The monoisotopic (exact) mass is 501 g/mol. The number of carbonyl (C=O) groups excluding carboxylic acids is 1. The molecule has 0 aromatic carbocycles. The maximum atomic E-state index is 12.8. The fourth-order valence-corrected chi connectivity index (χ4v) is 5.45. The third-order valence-corrected chi connectivity index (χ3v) is 7.88. The van der Waals surface area contributed by atoms with Crippen molar-refractivity contribution in [2.24, 2.45) is 17.8 Å². The SMILES string of the molecule is CCCCCCC#C[C@H]1CCC[C@@H]1CC=CCCC(CCCCCC)C(=O)OCCN1CCOCC1. The van der Waals surface area contributed by atoms with Gasteiger partial charge in [-0.05, 0) is 50.9 Å². The number of esters is 1. The number of rotatable bonds is 18. The standard InChI is InChI=1S/C32H55NO3/c1-3-5-7-9-10-13-17-29-21-16-22-30(29)18-14-11-15-20-31(19-12-8-6-4-2)32(34)36-28-25-33-23-26-35-27-24-33/h11,14,29-31H,3-10,12,15-16,18-28H2,1-2H3/t29-,30-,31?/m0/s1. The lowest BCUT2D eigenvalue weighted by molar-refractivity contribution is -0.149. The Morgan fingerprint density at radius 3 is 2.56 bits per heavy atom. The molecule has 1 unspecified atom stereocenters. The van der Waals surface area contributed by atoms with E-state index in [1.54, 1.807) is 0 Å². The topological polar surface area (TPSA) is 38.8 Å². The number of hydrogen-bond acceptors (Lipinski definition) is 4. The van der Waals surface area contributed by atoms with Crippen LogP contribution in [0, 0.1) is 29.6 Å². The fraction of sp³-hybridized carbons (Fsp3) is 0.844. The van der Waals surface area contributed by atoms with Gasteiger partial charge >= 0.3 is 5.97 Å². The van der Waals surface area contributed by atoms with Crippen LogP contribution in [0.15, 0.2) is 12.2 Å². The van der Waals surface area contributed by atoms with Gasteiger partial charge in [0.2, 0.25) is 0 Å². The Kier molecular flexibility index (Phi) is 17.8. The van der Waals surface area contributed by atoms with Gasteiger partial charge in [0.25, 0.3) is 0 Å². The molecule has 206 valence electrons. The van der Waals surface area contributed by atoms with Crippen molar-refractivity contribution in [1.82, 2.24) is 4.90 Å². The van der Waals surface area contributed by atoms with Gasteiger partial charge in [-0.2, -0.15) is 0 Å². The Morgan fingerprint density at radius 1 is 1.00 bits per heavy atom. The zero-order chi connectivity index (χ0) is 25.7. The lowest BCUT2D eigenvalue weighted by Crippen LogP contribution is -2.38. The smallest absolute Gasteiger partial charge is 0.308 e. The van der Waals surface area contributed by atoms with E-state index >= 15 is 0 Å². The Morgan fingerprint density at radius 2 is 1.78 bits per heavy atom. The molecule has 0 spiro atoms. The largest absolute Gasteiger partial charge is 0.464 e. The first kappa shape index (κ1) is 30.9. The highest BCUT2D eigenvalue weighted by atomic mass is 16.5. The van der Waals surface area contributed by atoms with Crippen LogP contribution in [0.2, 0.25) is 0 Å². The molecule has 4 nitrogen and oxygen atoms in total. The predicted octanol–water partition coefficient (Wildman–Crippen LogP) is 7.57. The maximum absolute atomic E-state index is 12.8. The summed E-state index contributed by atoms with van der Waals surface area (Å²) in [6, 6.07) is 0. The summed E-state index contributed by atoms with van der Waals surface area (Å²) in [6.07, 6.45) is 23.7. The summed E-state index contributed by atoms with van der Waals surface area (Å²) in [7, 11) is 0. The lowest BCUT2D eigenvalue weighted by atomic mass is 9.92. The number of ether oxygens (including phenoxy) is 2. The van der Waals surface area contributed by atoms with Gasteiger partial charge in [-0.25, -0.2) is 0 Å². The van der Waals surface area contributed by atoms with E-state index in [0.29, 0.717) is 12.5 Å². The Hall–Kier alpha value is -1.31. The van der Waals surface area contributed by atoms with Gasteiger partial charge in [0, 0.05) is 32.0 Å². The Balaban J connectivity index is 1.69. The third kappa shape index (κ3) is 13.8. The van der Waals surface area contributed by atoms with Gasteiger partial charge in [-0.1, -0.05) is 83.3 Å². The molecular formula is C32H55NO3. The summed E-state index contributed by atoms with van der Waals surface area (Å²) >= 11 is 0. The van der Waals surface area contributed by atoms with Crippen LogP contribution in [0.3, 0.4) is 0 Å². The van der Waals surface area contributed by atoms with E-state index < -0.39 is 0 Å². The summed E-state index contributed by atoms with van der Waals surface area (Å²) in [6.45, 7) is 9.27. The van der Waals surface area contributed by atoms with Crippen molar-refractivity contribution in [3.8, 4) is 11.8 Å². The molecule has 0 N–H and O–H groups in total. The summed E-state index contributed by atoms with van der Waals surface area (Å²) in [5.41, 5.74) is 0. The first-order valence-corrected chi connectivity index (χ1v) is 15.3. The van der Waals surface area contributed by atoms with Crippen LogP contribution in [0.5, 0.6) is 0 Å². The van der Waals surface area contributed by atoms with Crippen molar-refractivity contribution in [2.75, 3.05) is 39.5 Å². The summed E-state index contributed by atoms with van der Waals surface area (Å²) in [5, 5.41) is 0. The number of unbranched alkanes of at least 4 members (excludes halogenated alkanes) is 7. The Labute approximate surface area is 222 Å². The molecule has 0 aromatic heterocycles. The van der Waals surface area contributed by atoms with Crippen LogP contribution in [0.4, 0.5) is 0 Å². The number of hydrogen-bond donors (Lipinski definition) is 0. The highest BCUT2D eigenvalue weighted by molar-refractivity contribution is 5.72. The minimum atomic E-state index is 0.0122. The zero-order valence-corrected chi connectivity index (χ0v) is 23.6. The molecule has 1 saturated heterocycles. The summed E-state index contributed by atoms with van der Waals surface area (Å²) in [5.74, 6) is 8.44. The molecule has 1 aliphatic carbocycles. The number of nitrogens with zero attached hydrogens (tertiary/aromatic N) is 1. The van der Waals surface area contributed by atoms with E-state index in [0.717, 1.165) is 77.3 Å². The molecule has 4 heteroatoms. The molecule has 2 aliphatic rings. The predicted molar refractivity (Wildman–Crippen MR) is 151 cm³/mol. The number of carbonyl (C=O) groups is 1. The van der Waals surface area contributed by atoms with Crippen LogP contribution < -0.4 is 0 Å². The van der Waals surface area contributed by atoms with Crippen LogP contribution in [-0.2, 0) is 14.3 Å². The Bertz CT molecular complexity index is 644. The first-order valence-electron chi connectivity index (χ1n) is 15.3. The normalized spacial score (nSPS) is 21.4. The molecule has 0 radical (unpaired) electrons. The van der Waals surface area contributed by atoms with Crippen LogP contribution in [-0.4, -0.2) is 50.3 Å². The van der Waals surface area contributed by atoms with E-state index in [-0.39, 0.29) is 11.9 Å². The molecule has 36 heavy (non-hydrogen) atoms. The molecule has 0 amide bonds. The van der Waals surface area contributed by atoms with Crippen LogP contribution in [0.1, 0.15) is 117 Å². The highest BCUT2D eigenvalue weighted by Gasteiger charge is 2.24.